The molecule has 3 saturated carbocycles. The third-order valence-corrected chi connectivity index (χ3v) is 11.5. The maximum absolute atomic E-state index is 17.7. The van der Waals surface area contributed by atoms with E-state index in [1.54, 1.807) is 13.8 Å². The number of hydrogen-bond acceptors (Lipinski definition) is 10. The van der Waals surface area contributed by atoms with E-state index in [9.17, 15) is 42.3 Å². The van der Waals surface area contributed by atoms with E-state index in [2.05, 4.69) is 4.74 Å². The van der Waals surface area contributed by atoms with Crippen molar-refractivity contribution in [2.24, 2.45) is 40.2 Å². The molecule has 0 aromatic carbocycles. The maximum atomic E-state index is 17.7. The summed E-state index contributed by atoms with van der Waals surface area (Å²) in [4.78, 5) is 65.2. The first kappa shape index (κ1) is 37.7. The van der Waals surface area contributed by atoms with Crippen LogP contribution >= 0.6 is 0 Å². The Balaban J connectivity index is 1.84. The predicted octanol–water partition coefficient (Wildman–Crippen LogP) is 4.60. The van der Waals surface area contributed by atoms with Crippen LogP contribution in [-0.2, 0) is 38.2 Å². The van der Waals surface area contributed by atoms with Crippen molar-refractivity contribution in [3.8, 4) is 0 Å². The summed E-state index contributed by atoms with van der Waals surface area (Å²) < 4.78 is 73.5. The largest absolute Gasteiger partial charge is 0.491 e. The van der Waals surface area contributed by atoms with Gasteiger partial charge in [0.25, 0.3) is 5.78 Å². The number of hydrogen-bond donors (Lipinski definition) is 2. The third kappa shape index (κ3) is 6.01. The lowest BCUT2D eigenvalue weighted by Gasteiger charge is -2.62. The lowest BCUT2D eigenvalue weighted by Crippen LogP contribution is -2.70. The molecular weight excluding hydrogens is 642 g/mol. The minimum absolute atomic E-state index is 0.0269. The first-order valence-corrected chi connectivity index (χ1v) is 16.4. The number of carbonyl (C=O) groups is 5. The highest BCUT2D eigenvalue weighted by molar-refractivity contribution is 6.01. The van der Waals surface area contributed by atoms with Gasteiger partial charge in [-0.15, -0.1) is 0 Å². The van der Waals surface area contributed by atoms with Crippen molar-refractivity contribution in [2.75, 3.05) is 0 Å². The van der Waals surface area contributed by atoms with E-state index in [0.29, 0.717) is 12.0 Å². The average molecular weight is 688 g/mol. The van der Waals surface area contributed by atoms with Gasteiger partial charge in [0.05, 0.1) is 6.10 Å². The molecule has 0 bridgehead atoms. The summed E-state index contributed by atoms with van der Waals surface area (Å²) >= 11 is 0. The van der Waals surface area contributed by atoms with E-state index < -0.39 is 94.6 Å². The molecule has 0 amide bonds. The van der Waals surface area contributed by atoms with Gasteiger partial charge in [-0.3, -0.25) is 19.2 Å². The summed E-state index contributed by atoms with van der Waals surface area (Å²) in [6, 6.07) is -1.43. The van der Waals surface area contributed by atoms with Crippen LogP contribution in [0.15, 0.2) is 23.8 Å². The summed E-state index contributed by atoms with van der Waals surface area (Å²) in [6.45, 7) is 9.66. The molecular formula is C34H45F4NO9. The zero-order valence-electron chi connectivity index (χ0n) is 28.0. The van der Waals surface area contributed by atoms with E-state index in [1.807, 2.05) is 6.92 Å². The summed E-state index contributed by atoms with van der Waals surface area (Å²) in [7, 11) is 0. The van der Waals surface area contributed by atoms with Gasteiger partial charge < -0.3 is 25.1 Å². The average Bonchev–Trinajstić information content (AvgIpc) is 3.27. The number of fused-ring (bicyclic) bond motifs is 5. The molecule has 0 spiro atoms. The first-order valence-electron chi connectivity index (χ1n) is 16.4. The fraction of sp³-hybridized carbons (Fsp3) is 0.735. The topological polar surface area (TPSA) is 159 Å². The standard InChI is InChI=1S/C34H45F4NO9/c1-7-18(4)14-24(42)48-32(26(43)28(47-29(45)34(36,37)38)46-27(44)25(39)17(2)3)13-11-21-22-9-8-19-15-20(40)10-12-30(19,5)33(22,35)23(41)16-31(21,32)6/h10,12,15,17-18,21-23,25,28,41H,7-9,11,13-14,16,39H2,1-6H3/t18?,21?,22?,23-,25-,28?,30-,31-,32-,33?/m0/s1. The molecule has 14 heteroatoms. The Hall–Kier alpha value is -3.13. The van der Waals surface area contributed by atoms with Gasteiger partial charge in [-0.1, -0.05) is 52.7 Å². The number of alkyl halides is 4. The Morgan fingerprint density at radius 2 is 1.73 bits per heavy atom. The minimum atomic E-state index is -5.60. The highest BCUT2D eigenvalue weighted by Gasteiger charge is 2.76. The Bertz CT molecular complexity index is 1410. The van der Waals surface area contributed by atoms with Crippen molar-refractivity contribution in [2.45, 2.75) is 122 Å². The van der Waals surface area contributed by atoms with Gasteiger partial charge >= 0.3 is 30.4 Å². The maximum Gasteiger partial charge on any atom is 0.491 e. The molecule has 0 saturated heterocycles. The quantitative estimate of drug-likeness (QED) is 0.189. The van der Waals surface area contributed by atoms with Crippen molar-refractivity contribution in [3.63, 3.8) is 0 Å². The number of allylic oxidation sites excluding steroid dienone is 4. The Morgan fingerprint density at radius 3 is 2.31 bits per heavy atom. The second-order valence-electron chi connectivity index (χ2n) is 14.6. The molecule has 10 atom stereocenters. The van der Waals surface area contributed by atoms with Crippen molar-refractivity contribution in [1.29, 1.82) is 0 Å². The number of rotatable bonds is 10. The second-order valence-corrected chi connectivity index (χ2v) is 14.6. The molecule has 48 heavy (non-hydrogen) atoms. The van der Waals surface area contributed by atoms with Crippen LogP contribution in [0.1, 0.15) is 86.5 Å². The molecule has 4 aliphatic rings. The number of aliphatic hydroxyl groups excluding tert-OH is 1. The summed E-state index contributed by atoms with van der Waals surface area (Å²) in [5.41, 5.74) is -1.42. The summed E-state index contributed by atoms with van der Waals surface area (Å²) in [5.74, 6) is -9.42. The normalized spacial score (nSPS) is 36.1. The van der Waals surface area contributed by atoms with Crippen molar-refractivity contribution >= 4 is 29.5 Å². The molecule has 3 fully saturated rings. The lowest BCUT2D eigenvalue weighted by molar-refractivity contribution is -0.242. The van der Waals surface area contributed by atoms with Crippen LogP contribution in [0.25, 0.3) is 0 Å². The molecule has 10 nitrogen and oxygen atoms in total. The van der Waals surface area contributed by atoms with Gasteiger partial charge in [0, 0.05) is 23.2 Å². The van der Waals surface area contributed by atoms with Crippen molar-refractivity contribution in [3.05, 3.63) is 23.8 Å². The third-order valence-electron chi connectivity index (χ3n) is 11.5. The smallest absolute Gasteiger partial charge is 0.450 e. The van der Waals surface area contributed by atoms with Crippen LogP contribution in [0.2, 0.25) is 0 Å². The fourth-order valence-electron chi connectivity index (χ4n) is 8.43. The van der Waals surface area contributed by atoms with Gasteiger partial charge in [0.1, 0.15) is 6.04 Å². The zero-order valence-corrected chi connectivity index (χ0v) is 28.0. The van der Waals surface area contributed by atoms with E-state index in [-0.39, 0.29) is 43.8 Å². The number of nitrogens with two attached hydrogens (primary N) is 1. The van der Waals surface area contributed by atoms with Gasteiger partial charge in [0.2, 0.25) is 0 Å². The minimum Gasteiger partial charge on any atom is -0.450 e. The van der Waals surface area contributed by atoms with E-state index in [0.717, 1.165) is 0 Å². The number of ether oxygens (including phenoxy) is 3. The fourth-order valence-corrected chi connectivity index (χ4v) is 8.43. The van der Waals surface area contributed by atoms with Crippen molar-refractivity contribution in [1.82, 2.24) is 0 Å². The second kappa shape index (κ2) is 13.0. The number of Topliss-reactive ketones (excluding diaryl/α,β-unsaturated/α-hetero) is 1. The molecule has 0 aromatic heterocycles. The van der Waals surface area contributed by atoms with Crippen molar-refractivity contribution < 1.29 is 60.9 Å². The SMILES string of the molecule is CCC(C)CC(=O)O[C@]1(C(=O)C(OC(=O)[C@@H](N)C(C)C)OC(=O)C(F)(F)F)CCC2C3CCC4=CC(=O)C=C[C@]4(C)C3(F)[C@@H](O)C[C@@]21C. The van der Waals surface area contributed by atoms with Crippen LogP contribution in [-0.4, -0.2) is 70.5 Å². The first-order chi connectivity index (χ1) is 22.1. The number of aliphatic hydroxyl groups is 1. The lowest BCUT2D eigenvalue weighted by atomic mass is 9.44. The number of carbonyl (C=O) groups excluding carboxylic acids is 5. The predicted molar refractivity (Wildman–Crippen MR) is 161 cm³/mol. The molecule has 0 radical (unpaired) electrons. The Morgan fingerprint density at radius 1 is 1.08 bits per heavy atom. The molecule has 268 valence electrons. The monoisotopic (exact) mass is 687 g/mol. The molecule has 0 aliphatic heterocycles. The van der Waals surface area contributed by atoms with Gasteiger partial charge in [-0.05, 0) is 68.9 Å². The number of halogens is 4. The molecule has 0 aromatic rings. The number of ketones is 2. The Labute approximate surface area is 276 Å². The molecule has 4 rings (SSSR count). The molecule has 5 unspecified atom stereocenters. The molecule has 3 N–H and O–H groups in total. The van der Waals surface area contributed by atoms with Crippen LogP contribution in [0, 0.1) is 34.5 Å². The zero-order chi connectivity index (χ0) is 36.2. The highest BCUT2D eigenvalue weighted by Crippen LogP contribution is 2.70. The number of esters is 3. The van der Waals surface area contributed by atoms with E-state index in [4.69, 9.17) is 15.2 Å². The molecule has 4 aliphatic carbocycles. The van der Waals surface area contributed by atoms with Crippen LogP contribution < -0.4 is 5.73 Å². The van der Waals surface area contributed by atoms with Crippen LogP contribution in [0.5, 0.6) is 0 Å². The van der Waals surface area contributed by atoms with Gasteiger partial charge in [-0.25, -0.2) is 9.18 Å². The van der Waals surface area contributed by atoms with E-state index in [1.165, 1.54) is 39.0 Å². The van der Waals surface area contributed by atoms with E-state index >= 15 is 4.39 Å². The van der Waals surface area contributed by atoms with Crippen LogP contribution in [0.4, 0.5) is 17.6 Å². The van der Waals surface area contributed by atoms with Gasteiger partial charge in [0.15, 0.2) is 17.1 Å². The van der Waals surface area contributed by atoms with Crippen LogP contribution in [0.3, 0.4) is 0 Å². The molecule has 0 heterocycles. The highest BCUT2D eigenvalue weighted by atomic mass is 19.4. The summed E-state index contributed by atoms with van der Waals surface area (Å²) in [5, 5.41) is 11.7. The summed E-state index contributed by atoms with van der Waals surface area (Å²) in [6.07, 6.45) is -6.24. The van der Waals surface area contributed by atoms with Gasteiger partial charge in [-0.2, -0.15) is 13.2 Å². The Kier molecular flexibility index (Phi) is 10.2.